The highest BCUT2D eigenvalue weighted by Gasteiger charge is 2.11. The summed E-state index contributed by atoms with van der Waals surface area (Å²) in [4.78, 5) is 19.6. The Morgan fingerprint density at radius 1 is 0.931 bits per heavy atom. The van der Waals surface area contributed by atoms with Crippen LogP contribution in [0.1, 0.15) is 12.0 Å². The van der Waals surface area contributed by atoms with Crippen molar-refractivity contribution in [3.63, 3.8) is 0 Å². The first-order chi connectivity index (χ1) is 14.1. The maximum atomic E-state index is 11.4. The number of nitrogens with one attached hydrogen (secondary N) is 2. The molecule has 2 aromatic carbocycles. The number of amides is 1. The van der Waals surface area contributed by atoms with Crippen molar-refractivity contribution >= 4 is 41.2 Å². The summed E-state index contributed by atoms with van der Waals surface area (Å²) in [5, 5.41) is 0. The molecule has 0 aliphatic rings. The van der Waals surface area contributed by atoms with Gasteiger partial charge in [-0.25, -0.2) is 9.97 Å². The van der Waals surface area contributed by atoms with Crippen LogP contribution in [0.25, 0.3) is 22.3 Å². The zero-order chi connectivity index (χ0) is 20.6. The van der Waals surface area contributed by atoms with E-state index in [9.17, 15) is 4.79 Å². The van der Waals surface area contributed by atoms with E-state index in [0.717, 1.165) is 39.2 Å². The third-order valence-electron chi connectivity index (χ3n) is 4.32. The minimum atomic E-state index is -0.313. The SMILES string of the molecule is CSNc1cc(NSC)cc(-c2ccc(-c3cncnc3)cc2CCC(N)=O)c1. The van der Waals surface area contributed by atoms with Crippen molar-refractivity contribution in [2.24, 2.45) is 5.73 Å². The van der Waals surface area contributed by atoms with Gasteiger partial charge in [-0.15, -0.1) is 0 Å². The maximum absolute atomic E-state index is 11.4. The number of carbonyl (C=O) groups is 1. The summed E-state index contributed by atoms with van der Waals surface area (Å²) in [5.41, 5.74) is 12.6. The van der Waals surface area contributed by atoms with Crippen LogP contribution in [-0.2, 0) is 11.2 Å². The van der Waals surface area contributed by atoms with Crippen LogP contribution in [0.5, 0.6) is 0 Å². The van der Waals surface area contributed by atoms with Crippen LogP contribution in [-0.4, -0.2) is 28.4 Å². The number of nitrogens with two attached hydrogens (primary N) is 1. The molecule has 150 valence electrons. The average Bonchev–Trinajstić information content (AvgIpc) is 2.73. The van der Waals surface area contributed by atoms with Crippen molar-refractivity contribution < 1.29 is 4.79 Å². The number of rotatable bonds is 9. The van der Waals surface area contributed by atoms with Crippen molar-refractivity contribution in [1.29, 1.82) is 0 Å². The molecule has 6 nitrogen and oxygen atoms in total. The molecule has 0 fully saturated rings. The molecule has 0 saturated carbocycles. The van der Waals surface area contributed by atoms with Crippen molar-refractivity contribution in [3.05, 3.63) is 60.7 Å². The number of carbonyl (C=O) groups excluding carboxylic acids is 1. The first kappa shape index (κ1) is 21.0. The Morgan fingerprint density at radius 3 is 2.17 bits per heavy atom. The van der Waals surface area contributed by atoms with Crippen LogP contribution in [0.2, 0.25) is 0 Å². The number of aryl methyl sites for hydroxylation is 1. The molecular weight excluding hydrogens is 402 g/mol. The molecule has 0 atom stereocenters. The first-order valence-corrected chi connectivity index (χ1v) is 11.5. The van der Waals surface area contributed by atoms with Crippen LogP contribution in [0.15, 0.2) is 55.1 Å². The molecule has 4 N–H and O–H groups in total. The molecule has 1 amide bonds. The molecule has 3 rings (SSSR count). The third-order valence-corrected chi connectivity index (χ3v) is 5.20. The smallest absolute Gasteiger partial charge is 0.217 e. The number of aromatic nitrogens is 2. The second-order valence-corrected chi connectivity index (χ2v) is 7.60. The average molecular weight is 426 g/mol. The zero-order valence-corrected chi connectivity index (χ0v) is 17.9. The molecule has 0 radical (unpaired) electrons. The summed E-state index contributed by atoms with van der Waals surface area (Å²) in [6.07, 6.45) is 9.91. The van der Waals surface area contributed by atoms with E-state index in [0.29, 0.717) is 12.8 Å². The fraction of sp³-hybridized carbons (Fsp3) is 0.190. The predicted molar refractivity (Wildman–Crippen MR) is 125 cm³/mol. The highest BCUT2D eigenvalue weighted by atomic mass is 32.2. The topological polar surface area (TPSA) is 92.9 Å². The lowest BCUT2D eigenvalue weighted by Gasteiger charge is -2.15. The lowest BCUT2D eigenvalue weighted by atomic mass is 9.92. The van der Waals surface area contributed by atoms with Gasteiger partial charge in [-0.2, -0.15) is 0 Å². The molecule has 1 aromatic heterocycles. The molecular formula is C21H23N5OS2. The molecule has 29 heavy (non-hydrogen) atoms. The Bertz CT molecular complexity index is 958. The van der Waals surface area contributed by atoms with E-state index in [1.807, 2.05) is 12.5 Å². The summed E-state index contributed by atoms with van der Waals surface area (Å²) in [6, 6.07) is 12.5. The minimum absolute atomic E-state index is 0.292. The van der Waals surface area contributed by atoms with Gasteiger partial charge in [0.05, 0.1) is 0 Å². The largest absolute Gasteiger partial charge is 0.370 e. The van der Waals surface area contributed by atoms with E-state index in [1.54, 1.807) is 36.3 Å². The molecule has 0 aliphatic heterocycles. The van der Waals surface area contributed by atoms with Gasteiger partial charge in [0.25, 0.3) is 0 Å². The summed E-state index contributed by atoms with van der Waals surface area (Å²) in [7, 11) is 0. The van der Waals surface area contributed by atoms with Crippen molar-refractivity contribution in [3.8, 4) is 22.3 Å². The first-order valence-electron chi connectivity index (χ1n) is 9.00. The Hall–Kier alpha value is -2.71. The zero-order valence-electron chi connectivity index (χ0n) is 16.3. The van der Waals surface area contributed by atoms with Gasteiger partial charge in [0.15, 0.2) is 0 Å². The number of anilines is 2. The molecule has 0 unspecified atom stereocenters. The Morgan fingerprint density at radius 2 is 1.59 bits per heavy atom. The normalized spacial score (nSPS) is 10.6. The standard InChI is InChI=1S/C21H23N5OS2/c1-28-25-18-8-16(9-19(10-18)26-29-2)20-5-3-14(17-11-23-13-24-12-17)7-15(20)4-6-21(22)27/h3,5,7-13,25-26H,4,6H2,1-2H3,(H2,22,27). The van der Waals surface area contributed by atoms with Crippen LogP contribution in [0.4, 0.5) is 11.4 Å². The van der Waals surface area contributed by atoms with E-state index in [2.05, 4.69) is 55.8 Å². The highest BCUT2D eigenvalue weighted by molar-refractivity contribution is 8.00. The summed E-state index contributed by atoms with van der Waals surface area (Å²) in [6.45, 7) is 0. The maximum Gasteiger partial charge on any atom is 0.217 e. The van der Waals surface area contributed by atoms with Gasteiger partial charge in [0, 0.05) is 48.3 Å². The molecule has 8 heteroatoms. The Kier molecular flexibility index (Phi) is 7.37. The van der Waals surface area contributed by atoms with Gasteiger partial charge in [-0.1, -0.05) is 42.1 Å². The summed E-state index contributed by atoms with van der Waals surface area (Å²) >= 11 is 3.09. The van der Waals surface area contributed by atoms with E-state index in [-0.39, 0.29) is 5.91 Å². The van der Waals surface area contributed by atoms with E-state index < -0.39 is 0 Å². The summed E-state index contributed by atoms with van der Waals surface area (Å²) < 4.78 is 6.60. The van der Waals surface area contributed by atoms with Gasteiger partial charge in [0.1, 0.15) is 6.33 Å². The second kappa shape index (κ2) is 10.2. The molecule has 0 bridgehead atoms. The predicted octanol–water partition coefficient (Wildman–Crippen LogP) is 4.61. The molecule has 0 spiro atoms. The van der Waals surface area contributed by atoms with E-state index in [4.69, 9.17) is 5.73 Å². The van der Waals surface area contributed by atoms with Crippen LogP contribution in [0, 0.1) is 0 Å². The number of hydrogen-bond acceptors (Lipinski definition) is 7. The van der Waals surface area contributed by atoms with E-state index in [1.165, 1.54) is 6.33 Å². The van der Waals surface area contributed by atoms with Gasteiger partial charge in [0.2, 0.25) is 5.91 Å². The Labute approximate surface area is 179 Å². The number of benzene rings is 2. The van der Waals surface area contributed by atoms with Crippen LogP contribution in [0.3, 0.4) is 0 Å². The number of nitrogens with zero attached hydrogens (tertiary/aromatic N) is 2. The number of hydrogen-bond donors (Lipinski definition) is 3. The molecule has 1 heterocycles. The van der Waals surface area contributed by atoms with Gasteiger partial charge in [-0.3, -0.25) is 4.79 Å². The molecule has 0 aliphatic carbocycles. The van der Waals surface area contributed by atoms with Gasteiger partial charge in [-0.05, 0) is 46.9 Å². The van der Waals surface area contributed by atoms with Crippen molar-refractivity contribution in [2.45, 2.75) is 12.8 Å². The number of primary amides is 1. The van der Waals surface area contributed by atoms with Gasteiger partial charge >= 0.3 is 0 Å². The third kappa shape index (κ3) is 5.65. The van der Waals surface area contributed by atoms with Gasteiger partial charge < -0.3 is 15.2 Å². The fourth-order valence-corrected chi connectivity index (χ4v) is 3.81. The highest BCUT2D eigenvalue weighted by Crippen LogP contribution is 2.34. The van der Waals surface area contributed by atoms with E-state index >= 15 is 0 Å². The quantitative estimate of drug-likeness (QED) is 0.431. The second-order valence-electron chi connectivity index (χ2n) is 6.38. The monoisotopic (exact) mass is 425 g/mol. The summed E-state index contributed by atoms with van der Waals surface area (Å²) in [5.74, 6) is -0.313. The minimum Gasteiger partial charge on any atom is -0.370 e. The van der Waals surface area contributed by atoms with Crippen LogP contribution >= 0.6 is 23.9 Å². The molecule has 3 aromatic rings. The van der Waals surface area contributed by atoms with Crippen molar-refractivity contribution in [1.82, 2.24) is 9.97 Å². The fourth-order valence-electron chi connectivity index (χ4n) is 3.10. The lowest BCUT2D eigenvalue weighted by molar-refractivity contribution is -0.117. The van der Waals surface area contributed by atoms with Crippen molar-refractivity contribution in [2.75, 3.05) is 22.0 Å². The lowest BCUT2D eigenvalue weighted by Crippen LogP contribution is -2.11. The van der Waals surface area contributed by atoms with Crippen LogP contribution < -0.4 is 15.2 Å². The molecule has 0 saturated heterocycles. The Balaban J connectivity index is 2.08.